The number of anilines is 1. The highest BCUT2D eigenvalue weighted by Gasteiger charge is 2.13. The van der Waals surface area contributed by atoms with Crippen LogP contribution in [0.15, 0.2) is 30.5 Å². The summed E-state index contributed by atoms with van der Waals surface area (Å²) >= 11 is 1.33. The molecule has 3 N–H and O–H groups in total. The van der Waals surface area contributed by atoms with Crippen molar-refractivity contribution in [3.05, 3.63) is 46.7 Å². The van der Waals surface area contributed by atoms with Gasteiger partial charge in [-0.25, -0.2) is 9.37 Å². The molecule has 0 aliphatic rings. The standard InChI is InChI=1S/C15H18FN3O2S/c1-21-11(8-17)7-14(20)19-15-18-9-12(22-15)6-10-4-2-3-5-13(10)16/h2-5,9,11H,6-8,17H2,1H3,(H,18,19,20). The van der Waals surface area contributed by atoms with Crippen molar-refractivity contribution in [2.75, 3.05) is 19.0 Å². The fourth-order valence-electron chi connectivity index (χ4n) is 1.92. The fourth-order valence-corrected chi connectivity index (χ4v) is 2.77. The number of methoxy groups -OCH3 is 1. The van der Waals surface area contributed by atoms with E-state index in [0.717, 1.165) is 4.88 Å². The van der Waals surface area contributed by atoms with Crippen LogP contribution >= 0.6 is 11.3 Å². The Kier molecular flexibility index (Phi) is 6.00. The van der Waals surface area contributed by atoms with Gasteiger partial charge in [0.2, 0.25) is 5.91 Å². The van der Waals surface area contributed by atoms with Crippen LogP contribution in [0.3, 0.4) is 0 Å². The zero-order valence-corrected chi connectivity index (χ0v) is 13.0. The predicted molar refractivity (Wildman–Crippen MR) is 84.4 cm³/mol. The van der Waals surface area contributed by atoms with E-state index in [9.17, 15) is 9.18 Å². The first-order valence-corrected chi connectivity index (χ1v) is 7.65. The number of hydrogen-bond donors (Lipinski definition) is 2. The van der Waals surface area contributed by atoms with Gasteiger partial charge in [-0.3, -0.25) is 4.79 Å². The summed E-state index contributed by atoms with van der Waals surface area (Å²) < 4.78 is 18.7. The predicted octanol–water partition coefficient (Wildman–Crippen LogP) is 2.18. The van der Waals surface area contributed by atoms with Crippen LogP contribution < -0.4 is 11.1 Å². The lowest BCUT2D eigenvalue weighted by Gasteiger charge is -2.11. The van der Waals surface area contributed by atoms with E-state index in [1.54, 1.807) is 24.4 Å². The average molecular weight is 323 g/mol. The second-order valence-corrected chi connectivity index (χ2v) is 5.86. The maximum absolute atomic E-state index is 13.6. The van der Waals surface area contributed by atoms with Gasteiger partial charge in [-0.15, -0.1) is 11.3 Å². The van der Waals surface area contributed by atoms with Crippen molar-refractivity contribution in [2.45, 2.75) is 18.9 Å². The number of amides is 1. The smallest absolute Gasteiger partial charge is 0.228 e. The summed E-state index contributed by atoms with van der Waals surface area (Å²) in [7, 11) is 1.51. The lowest BCUT2D eigenvalue weighted by molar-refractivity contribution is -0.118. The van der Waals surface area contributed by atoms with Crippen LogP contribution in [0, 0.1) is 5.82 Å². The zero-order valence-electron chi connectivity index (χ0n) is 12.2. The lowest BCUT2D eigenvalue weighted by atomic mass is 10.1. The second kappa shape index (κ2) is 7.98. The number of carbonyl (C=O) groups is 1. The first-order valence-electron chi connectivity index (χ1n) is 6.83. The largest absolute Gasteiger partial charge is 0.380 e. The first kappa shape index (κ1) is 16.5. The number of hydrogen-bond acceptors (Lipinski definition) is 5. The molecule has 0 spiro atoms. The summed E-state index contributed by atoms with van der Waals surface area (Å²) in [5.74, 6) is -0.448. The number of nitrogens with two attached hydrogens (primary N) is 1. The maximum atomic E-state index is 13.6. The molecule has 0 bridgehead atoms. The Morgan fingerprint density at radius 1 is 1.50 bits per heavy atom. The number of nitrogens with zero attached hydrogens (tertiary/aromatic N) is 1. The summed E-state index contributed by atoms with van der Waals surface area (Å²) in [5.41, 5.74) is 6.08. The molecule has 7 heteroatoms. The molecule has 0 aliphatic carbocycles. The van der Waals surface area contributed by atoms with E-state index >= 15 is 0 Å². The minimum absolute atomic E-state index is 0.176. The first-order chi connectivity index (χ1) is 10.6. The molecule has 2 rings (SSSR count). The number of rotatable bonds is 7. The molecule has 2 aromatic rings. The Balaban J connectivity index is 1.94. The van der Waals surface area contributed by atoms with Gasteiger partial charge in [-0.05, 0) is 11.6 Å². The fraction of sp³-hybridized carbons (Fsp3) is 0.333. The topological polar surface area (TPSA) is 77.2 Å². The lowest BCUT2D eigenvalue weighted by Crippen LogP contribution is -2.28. The van der Waals surface area contributed by atoms with Crippen molar-refractivity contribution in [2.24, 2.45) is 5.73 Å². The van der Waals surface area contributed by atoms with Crippen LogP contribution in [-0.4, -0.2) is 30.6 Å². The monoisotopic (exact) mass is 323 g/mol. The molecule has 1 amide bonds. The normalized spacial score (nSPS) is 12.1. The van der Waals surface area contributed by atoms with Crippen molar-refractivity contribution in [3.63, 3.8) is 0 Å². The molecule has 5 nitrogen and oxygen atoms in total. The van der Waals surface area contributed by atoms with Gasteiger partial charge < -0.3 is 15.8 Å². The third kappa shape index (κ3) is 4.59. The number of nitrogens with one attached hydrogen (secondary N) is 1. The molecule has 0 aliphatic heterocycles. The molecule has 1 aromatic carbocycles. The highest BCUT2D eigenvalue weighted by atomic mass is 32.1. The van der Waals surface area contributed by atoms with Gasteiger partial charge in [0, 0.05) is 31.1 Å². The van der Waals surface area contributed by atoms with E-state index in [2.05, 4.69) is 10.3 Å². The highest BCUT2D eigenvalue weighted by Crippen LogP contribution is 2.22. The van der Waals surface area contributed by atoms with Crippen LogP contribution in [0.4, 0.5) is 9.52 Å². The molecular weight excluding hydrogens is 305 g/mol. The summed E-state index contributed by atoms with van der Waals surface area (Å²) in [6, 6.07) is 6.61. The third-order valence-electron chi connectivity index (χ3n) is 3.13. The van der Waals surface area contributed by atoms with Crippen molar-refractivity contribution < 1.29 is 13.9 Å². The molecule has 0 fully saturated rings. The zero-order chi connectivity index (χ0) is 15.9. The van der Waals surface area contributed by atoms with Crippen LogP contribution in [0.25, 0.3) is 0 Å². The third-order valence-corrected chi connectivity index (χ3v) is 4.04. The van der Waals surface area contributed by atoms with Gasteiger partial charge in [0.15, 0.2) is 5.13 Å². The number of benzene rings is 1. The van der Waals surface area contributed by atoms with Crippen LogP contribution in [-0.2, 0) is 16.0 Å². The number of carbonyl (C=O) groups excluding carboxylic acids is 1. The quantitative estimate of drug-likeness (QED) is 0.819. The van der Waals surface area contributed by atoms with Crippen LogP contribution in [0.5, 0.6) is 0 Å². The molecular formula is C15H18FN3O2S. The van der Waals surface area contributed by atoms with Crippen molar-refractivity contribution in [3.8, 4) is 0 Å². The molecule has 1 atom stereocenters. The molecule has 22 heavy (non-hydrogen) atoms. The molecule has 0 saturated heterocycles. The Bertz CT molecular complexity index is 629. The highest BCUT2D eigenvalue weighted by molar-refractivity contribution is 7.15. The number of thiazole rings is 1. The molecule has 118 valence electrons. The Morgan fingerprint density at radius 2 is 2.27 bits per heavy atom. The van der Waals surface area contributed by atoms with Gasteiger partial charge in [0.1, 0.15) is 5.82 Å². The van der Waals surface area contributed by atoms with E-state index in [1.807, 2.05) is 0 Å². The van der Waals surface area contributed by atoms with Gasteiger partial charge in [0.05, 0.1) is 12.5 Å². The summed E-state index contributed by atoms with van der Waals surface area (Å²) in [6.45, 7) is 0.278. The van der Waals surface area contributed by atoms with E-state index in [1.165, 1.54) is 24.5 Å². The minimum Gasteiger partial charge on any atom is -0.380 e. The van der Waals surface area contributed by atoms with Crippen molar-refractivity contribution >= 4 is 22.4 Å². The Labute approximate surface area is 132 Å². The molecule has 1 aromatic heterocycles. The van der Waals surface area contributed by atoms with E-state index in [0.29, 0.717) is 17.1 Å². The maximum Gasteiger partial charge on any atom is 0.228 e. The summed E-state index contributed by atoms with van der Waals surface area (Å²) in [5, 5.41) is 3.19. The van der Waals surface area contributed by atoms with Gasteiger partial charge in [0.25, 0.3) is 0 Å². The number of aromatic nitrogens is 1. The minimum atomic E-state index is -0.308. The number of halogens is 1. The molecule has 0 radical (unpaired) electrons. The Morgan fingerprint density at radius 3 is 2.95 bits per heavy atom. The molecule has 1 heterocycles. The van der Waals surface area contributed by atoms with Gasteiger partial charge in [-0.1, -0.05) is 18.2 Å². The van der Waals surface area contributed by atoms with E-state index < -0.39 is 0 Å². The van der Waals surface area contributed by atoms with E-state index in [4.69, 9.17) is 10.5 Å². The number of ether oxygens (including phenoxy) is 1. The Hall–Kier alpha value is -1.83. The van der Waals surface area contributed by atoms with Crippen LogP contribution in [0.2, 0.25) is 0 Å². The van der Waals surface area contributed by atoms with Crippen LogP contribution in [0.1, 0.15) is 16.9 Å². The second-order valence-electron chi connectivity index (χ2n) is 4.75. The van der Waals surface area contributed by atoms with Crippen molar-refractivity contribution in [1.82, 2.24) is 4.98 Å². The SMILES string of the molecule is COC(CN)CC(=O)Nc1ncc(Cc2ccccc2F)s1. The van der Waals surface area contributed by atoms with Gasteiger partial charge in [-0.2, -0.15) is 0 Å². The summed E-state index contributed by atoms with van der Waals surface area (Å²) in [4.78, 5) is 16.8. The summed E-state index contributed by atoms with van der Waals surface area (Å²) in [6.07, 6.45) is 1.96. The van der Waals surface area contributed by atoms with E-state index in [-0.39, 0.29) is 30.8 Å². The van der Waals surface area contributed by atoms with Gasteiger partial charge >= 0.3 is 0 Å². The molecule has 0 saturated carbocycles. The van der Waals surface area contributed by atoms with Crippen molar-refractivity contribution in [1.29, 1.82) is 0 Å². The molecule has 1 unspecified atom stereocenters. The average Bonchev–Trinajstić information content (AvgIpc) is 2.94.